The van der Waals surface area contributed by atoms with E-state index in [4.69, 9.17) is 0 Å². The number of hydrogen-bond acceptors (Lipinski definition) is 4. The SMILES string of the molecule is O=C(Nc1cc(-c2ccc(O)c(NC(=O)c3cc(C#Cc4ccccc4)cc(C#Cc4ccccc4)c3)c2)ccc1O)c1cc(C#Cc2ccccc2)cc(C#Cc2ccccc2)c1. The number of nitrogens with one attached hydrogen (secondary N) is 2. The Labute approximate surface area is 371 Å². The summed E-state index contributed by atoms with van der Waals surface area (Å²) >= 11 is 0. The fourth-order valence-corrected chi connectivity index (χ4v) is 6.49. The van der Waals surface area contributed by atoms with E-state index in [1.165, 1.54) is 12.1 Å². The van der Waals surface area contributed by atoms with Crippen LogP contribution in [-0.4, -0.2) is 22.0 Å². The molecule has 8 aromatic carbocycles. The molecule has 8 rings (SSSR count). The lowest BCUT2D eigenvalue weighted by molar-refractivity contribution is 0.101. The second-order valence-electron chi connectivity index (χ2n) is 14.4. The first kappa shape index (κ1) is 41.3. The lowest BCUT2D eigenvalue weighted by Gasteiger charge is -2.13. The van der Waals surface area contributed by atoms with Crippen LogP contribution in [0.5, 0.6) is 11.5 Å². The molecule has 6 nitrogen and oxygen atoms in total. The second kappa shape index (κ2) is 19.7. The zero-order valence-electron chi connectivity index (χ0n) is 34.2. The van der Waals surface area contributed by atoms with Crippen LogP contribution >= 0.6 is 0 Å². The van der Waals surface area contributed by atoms with E-state index in [-0.39, 0.29) is 22.9 Å². The van der Waals surface area contributed by atoms with Gasteiger partial charge in [0.2, 0.25) is 0 Å². The van der Waals surface area contributed by atoms with Gasteiger partial charge in [-0.05, 0) is 120 Å². The molecule has 0 aromatic heterocycles. The van der Waals surface area contributed by atoms with E-state index in [1.54, 1.807) is 48.5 Å². The molecule has 302 valence electrons. The molecule has 64 heavy (non-hydrogen) atoms. The number of anilines is 2. The number of phenols is 2. The molecular formula is C58H36N2O4. The van der Waals surface area contributed by atoms with Crippen molar-refractivity contribution in [3.8, 4) is 70.0 Å². The molecular weight excluding hydrogens is 789 g/mol. The highest BCUT2D eigenvalue weighted by atomic mass is 16.3. The smallest absolute Gasteiger partial charge is 0.255 e. The van der Waals surface area contributed by atoms with E-state index < -0.39 is 11.8 Å². The highest BCUT2D eigenvalue weighted by Crippen LogP contribution is 2.34. The van der Waals surface area contributed by atoms with E-state index >= 15 is 0 Å². The topological polar surface area (TPSA) is 98.7 Å². The number of rotatable bonds is 5. The van der Waals surface area contributed by atoms with E-state index in [0.29, 0.717) is 44.5 Å². The molecule has 0 atom stereocenters. The number of aromatic hydroxyl groups is 2. The fraction of sp³-hybridized carbons (Fsp3) is 0. The number of benzene rings is 8. The van der Waals surface area contributed by atoms with Crippen LogP contribution in [0.1, 0.15) is 65.2 Å². The molecule has 0 aliphatic heterocycles. The van der Waals surface area contributed by atoms with Crippen LogP contribution in [0.15, 0.2) is 194 Å². The van der Waals surface area contributed by atoms with E-state index in [2.05, 4.69) is 58.0 Å². The lowest BCUT2D eigenvalue weighted by Crippen LogP contribution is -2.13. The number of carbonyl (C=O) groups excluding carboxylic acids is 2. The van der Waals surface area contributed by atoms with Crippen molar-refractivity contribution in [1.82, 2.24) is 0 Å². The molecule has 0 radical (unpaired) electrons. The van der Waals surface area contributed by atoms with Crippen molar-refractivity contribution >= 4 is 23.2 Å². The van der Waals surface area contributed by atoms with Gasteiger partial charge in [0.15, 0.2) is 0 Å². The molecule has 0 spiro atoms. The predicted octanol–water partition coefficient (Wildman–Crippen LogP) is 10.9. The zero-order valence-corrected chi connectivity index (χ0v) is 34.2. The summed E-state index contributed by atoms with van der Waals surface area (Å²) in [5.74, 6) is 23.9. The van der Waals surface area contributed by atoms with Crippen LogP contribution in [0, 0.1) is 47.4 Å². The molecule has 0 heterocycles. The molecule has 0 fully saturated rings. The Morgan fingerprint density at radius 1 is 0.312 bits per heavy atom. The van der Waals surface area contributed by atoms with Crippen molar-refractivity contribution in [1.29, 1.82) is 0 Å². The van der Waals surface area contributed by atoms with Gasteiger partial charge in [-0.25, -0.2) is 0 Å². The summed E-state index contributed by atoms with van der Waals surface area (Å²) in [4.78, 5) is 27.8. The molecule has 0 bridgehead atoms. The van der Waals surface area contributed by atoms with Crippen molar-refractivity contribution in [3.63, 3.8) is 0 Å². The maximum Gasteiger partial charge on any atom is 0.255 e. The normalized spacial score (nSPS) is 9.94. The van der Waals surface area contributed by atoms with Gasteiger partial charge in [-0.3, -0.25) is 9.59 Å². The molecule has 0 aliphatic rings. The van der Waals surface area contributed by atoms with Crippen molar-refractivity contribution in [2.75, 3.05) is 10.6 Å². The molecule has 6 heteroatoms. The molecule has 4 N–H and O–H groups in total. The van der Waals surface area contributed by atoms with Gasteiger partial charge in [0, 0.05) is 55.6 Å². The first-order valence-electron chi connectivity index (χ1n) is 20.2. The van der Waals surface area contributed by atoms with Gasteiger partial charge in [0.05, 0.1) is 11.4 Å². The van der Waals surface area contributed by atoms with Crippen LogP contribution < -0.4 is 10.6 Å². The number of amides is 2. The minimum atomic E-state index is -0.485. The summed E-state index contributed by atoms with van der Waals surface area (Å²) in [5.41, 5.74) is 7.74. The summed E-state index contributed by atoms with van der Waals surface area (Å²) in [6.45, 7) is 0. The van der Waals surface area contributed by atoms with Gasteiger partial charge in [-0.2, -0.15) is 0 Å². The maximum atomic E-state index is 13.9. The van der Waals surface area contributed by atoms with Gasteiger partial charge >= 0.3 is 0 Å². The van der Waals surface area contributed by atoms with Crippen LogP contribution in [0.3, 0.4) is 0 Å². The summed E-state index contributed by atoms with van der Waals surface area (Å²) in [5, 5.41) is 27.5. The standard InChI is InChI=1S/C58H36N2O4/c61-55-31-29-49(39-53(55)59-57(63)51-35-45(25-21-41-13-5-1-6-14-41)33-46(36-51)26-22-42-15-7-2-8-16-42)50-30-32-56(62)54(40-50)60-58(64)52-37-47(27-23-43-17-9-3-10-18-43)34-48(38-52)28-24-44-19-11-4-12-20-44/h1-20,29-40,61-62H,(H,59,63)(H,60,64). The average Bonchev–Trinajstić information content (AvgIpc) is 3.34. The first-order chi connectivity index (χ1) is 31.3. The lowest BCUT2D eigenvalue weighted by atomic mass is 10.0. The third-order valence-corrected chi connectivity index (χ3v) is 9.71. The summed E-state index contributed by atoms with van der Waals surface area (Å²) in [7, 11) is 0. The van der Waals surface area contributed by atoms with Crippen LogP contribution in [0.4, 0.5) is 11.4 Å². The zero-order chi connectivity index (χ0) is 44.1. The Morgan fingerprint density at radius 3 is 0.859 bits per heavy atom. The molecule has 0 saturated heterocycles. The Morgan fingerprint density at radius 2 is 0.578 bits per heavy atom. The monoisotopic (exact) mass is 824 g/mol. The van der Waals surface area contributed by atoms with E-state index in [0.717, 1.165) is 22.3 Å². The molecule has 0 saturated carbocycles. The van der Waals surface area contributed by atoms with Crippen molar-refractivity contribution in [2.45, 2.75) is 0 Å². The quantitative estimate of drug-likeness (QED) is 0.103. The van der Waals surface area contributed by atoms with Crippen LogP contribution in [0.25, 0.3) is 11.1 Å². The summed E-state index contributed by atoms with van der Waals surface area (Å²) in [6.07, 6.45) is 0. The second-order valence-corrected chi connectivity index (χ2v) is 14.4. The van der Waals surface area contributed by atoms with E-state index in [9.17, 15) is 19.8 Å². The first-order valence-corrected chi connectivity index (χ1v) is 20.2. The number of phenolic OH excluding ortho intramolecular Hbond substituents is 2. The van der Waals surface area contributed by atoms with E-state index in [1.807, 2.05) is 133 Å². The molecule has 0 unspecified atom stereocenters. The van der Waals surface area contributed by atoms with Crippen molar-refractivity contribution in [2.24, 2.45) is 0 Å². The predicted molar refractivity (Wildman–Crippen MR) is 254 cm³/mol. The van der Waals surface area contributed by atoms with Gasteiger partial charge < -0.3 is 20.8 Å². The third-order valence-electron chi connectivity index (χ3n) is 9.71. The molecule has 0 aliphatic carbocycles. The van der Waals surface area contributed by atoms with Crippen LogP contribution in [-0.2, 0) is 0 Å². The third kappa shape index (κ3) is 11.0. The Bertz CT molecular complexity index is 2910. The van der Waals surface area contributed by atoms with Crippen LogP contribution in [0.2, 0.25) is 0 Å². The largest absolute Gasteiger partial charge is 0.506 e. The number of hydrogen-bond donors (Lipinski definition) is 4. The molecule has 2 amide bonds. The fourth-order valence-electron chi connectivity index (χ4n) is 6.49. The van der Waals surface area contributed by atoms with Gasteiger partial charge in [-0.1, -0.05) is 132 Å². The maximum absolute atomic E-state index is 13.9. The highest BCUT2D eigenvalue weighted by Gasteiger charge is 2.15. The Balaban J connectivity index is 1.06. The van der Waals surface area contributed by atoms with Crippen molar-refractivity contribution < 1.29 is 19.8 Å². The Hall–Kier alpha value is -9.46. The Kier molecular flexibility index (Phi) is 12.7. The van der Waals surface area contributed by atoms with Gasteiger partial charge in [-0.15, -0.1) is 0 Å². The molecule has 8 aromatic rings. The average molecular weight is 825 g/mol. The number of carbonyl (C=O) groups is 2. The summed E-state index contributed by atoms with van der Waals surface area (Å²) < 4.78 is 0. The minimum absolute atomic E-state index is 0.149. The highest BCUT2D eigenvalue weighted by molar-refractivity contribution is 6.07. The van der Waals surface area contributed by atoms with Crippen molar-refractivity contribution in [3.05, 3.63) is 250 Å². The van der Waals surface area contributed by atoms with Gasteiger partial charge in [0.25, 0.3) is 11.8 Å². The summed E-state index contributed by atoms with van der Waals surface area (Å²) in [6, 6.07) is 58.1. The van der Waals surface area contributed by atoms with Gasteiger partial charge in [0.1, 0.15) is 11.5 Å². The minimum Gasteiger partial charge on any atom is -0.506 e.